The molecule has 1 N–H and O–H groups in total. The smallest absolute Gasteiger partial charge is 0.410 e. The maximum Gasteiger partial charge on any atom is 0.410 e. The lowest BCUT2D eigenvalue weighted by Crippen LogP contribution is -2.52. The lowest BCUT2D eigenvalue weighted by Gasteiger charge is -2.45. The fourth-order valence-electron chi connectivity index (χ4n) is 6.18. The van der Waals surface area contributed by atoms with Gasteiger partial charge >= 0.3 is 12.2 Å². The van der Waals surface area contributed by atoms with Crippen LogP contribution in [-0.4, -0.2) is 75.7 Å². The van der Waals surface area contributed by atoms with E-state index in [-0.39, 0.29) is 23.4 Å². The number of amides is 2. The Bertz CT molecular complexity index is 1390. The number of hydrogen-bond acceptors (Lipinski definition) is 7. The predicted molar refractivity (Wildman–Crippen MR) is 172 cm³/mol. The van der Waals surface area contributed by atoms with Gasteiger partial charge in [-0.2, -0.15) is 0 Å². The van der Waals surface area contributed by atoms with Gasteiger partial charge in [0.15, 0.2) is 0 Å². The second-order valence-electron chi connectivity index (χ2n) is 14.5. The van der Waals surface area contributed by atoms with E-state index < -0.39 is 17.3 Å². The number of piperidine rings is 2. The molecule has 4 heterocycles. The number of nitrogens with zero attached hydrogens (tertiary/aromatic N) is 2. The molecule has 2 aromatic carbocycles. The molecule has 1 atom stereocenters. The molecule has 4 aliphatic rings. The fourth-order valence-corrected chi connectivity index (χ4v) is 6.18. The van der Waals surface area contributed by atoms with Crippen LogP contribution in [-0.2, 0) is 9.47 Å². The highest BCUT2D eigenvalue weighted by Crippen LogP contribution is 2.44. The Kier molecular flexibility index (Phi) is 9.13. The fraction of sp³-hybridized carbons (Fsp3) is 0.556. The van der Waals surface area contributed by atoms with Crippen molar-refractivity contribution in [3.63, 3.8) is 0 Å². The molecule has 0 aromatic heterocycles. The minimum Gasteiger partial charge on any atom is -0.487 e. The SMILES string of the molecule is CC(C)(C)OC(=O)N1CCC2(C=Cc3ccccc3O2)CC1.CC(C)(C)OC(=O)N1CCC2(CC1)CC(O)c1ccccc1O2. The van der Waals surface area contributed by atoms with Crippen molar-refractivity contribution < 1.29 is 33.6 Å². The second-order valence-corrected chi connectivity index (χ2v) is 14.5. The molecule has 2 amide bonds. The molecule has 1 unspecified atom stereocenters. The number of aliphatic hydroxyl groups is 1. The average Bonchev–Trinajstić information content (AvgIpc) is 2.96. The van der Waals surface area contributed by atoms with E-state index in [9.17, 15) is 14.7 Å². The van der Waals surface area contributed by atoms with Gasteiger partial charge in [0, 0.05) is 69.4 Å². The summed E-state index contributed by atoms with van der Waals surface area (Å²) >= 11 is 0. The summed E-state index contributed by atoms with van der Waals surface area (Å²) in [6.45, 7) is 13.8. The number of carbonyl (C=O) groups excluding carboxylic acids is 2. The zero-order valence-corrected chi connectivity index (χ0v) is 27.5. The zero-order chi connectivity index (χ0) is 32.5. The third kappa shape index (κ3) is 8.12. The van der Waals surface area contributed by atoms with Crippen LogP contribution in [0.25, 0.3) is 6.08 Å². The van der Waals surface area contributed by atoms with Crippen LogP contribution in [0.1, 0.15) is 90.9 Å². The first kappa shape index (κ1) is 32.7. The lowest BCUT2D eigenvalue weighted by molar-refractivity contribution is -0.0569. The van der Waals surface area contributed by atoms with E-state index in [0.29, 0.717) is 45.4 Å². The highest BCUT2D eigenvalue weighted by molar-refractivity contribution is 5.69. The molecular formula is C36H48N2O7. The Labute approximate surface area is 267 Å². The molecular weight excluding hydrogens is 572 g/mol. The summed E-state index contributed by atoms with van der Waals surface area (Å²) in [6, 6.07) is 15.7. The quantitative estimate of drug-likeness (QED) is 0.335. The summed E-state index contributed by atoms with van der Waals surface area (Å²) in [7, 11) is 0. The summed E-state index contributed by atoms with van der Waals surface area (Å²) in [6.07, 6.45) is 6.82. The third-order valence-electron chi connectivity index (χ3n) is 8.56. The van der Waals surface area contributed by atoms with E-state index in [1.807, 2.05) is 84.0 Å². The van der Waals surface area contributed by atoms with Gasteiger partial charge in [-0.1, -0.05) is 42.5 Å². The van der Waals surface area contributed by atoms with Crippen molar-refractivity contribution in [3.05, 3.63) is 65.7 Å². The van der Waals surface area contributed by atoms with Crippen molar-refractivity contribution in [1.82, 2.24) is 9.80 Å². The predicted octanol–water partition coefficient (Wildman–Crippen LogP) is 7.13. The van der Waals surface area contributed by atoms with Crippen LogP contribution in [0.2, 0.25) is 0 Å². The number of hydrogen-bond donors (Lipinski definition) is 1. The van der Waals surface area contributed by atoms with Crippen LogP contribution in [0, 0.1) is 0 Å². The maximum atomic E-state index is 12.2. The minimum atomic E-state index is -0.506. The first-order valence-electron chi connectivity index (χ1n) is 16.0. The standard InChI is InChI=1S/C18H25NO4.C18H23NO3/c1-17(2,3)23-16(21)19-10-8-18(9-11-19)12-14(20)13-6-4-5-7-15(13)22-18;1-17(2,3)22-16(20)19-12-10-18(11-13-19)9-8-14-6-4-5-7-15(14)21-18/h4-7,14,20H,8-12H2,1-3H3;4-9H,10-13H2,1-3H3. The largest absolute Gasteiger partial charge is 0.487 e. The zero-order valence-electron chi connectivity index (χ0n) is 27.5. The number of likely N-dealkylation sites (tertiary alicyclic amines) is 2. The van der Waals surface area contributed by atoms with Crippen molar-refractivity contribution in [3.8, 4) is 11.5 Å². The number of rotatable bonds is 0. The van der Waals surface area contributed by atoms with Crippen LogP contribution < -0.4 is 9.47 Å². The molecule has 0 saturated carbocycles. The van der Waals surface area contributed by atoms with Gasteiger partial charge in [0.1, 0.15) is 33.9 Å². The molecule has 2 fully saturated rings. The van der Waals surface area contributed by atoms with Crippen LogP contribution >= 0.6 is 0 Å². The van der Waals surface area contributed by atoms with E-state index in [2.05, 4.69) is 18.2 Å². The molecule has 244 valence electrons. The highest BCUT2D eigenvalue weighted by Gasteiger charge is 2.44. The van der Waals surface area contributed by atoms with Gasteiger partial charge in [-0.3, -0.25) is 0 Å². The van der Waals surface area contributed by atoms with Crippen molar-refractivity contribution >= 4 is 18.3 Å². The highest BCUT2D eigenvalue weighted by atomic mass is 16.6. The van der Waals surface area contributed by atoms with Crippen molar-refractivity contribution in [2.75, 3.05) is 26.2 Å². The number of carbonyl (C=O) groups is 2. The van der Waals surface area contributed by atoms with E-state index in [4.69, 9.17) is 18.9 Å². The number of fused-ring (bicyclic) bond motifs is 2. The molecule has 9 nitrogen and oxygen atoms in total. The van der Waals surface area contributed by atoms with Crippen molar-refractivity contribution in [2.24, 2.45) is 0 Å². The summed E-state index contributed by atoms with van der Waals surface area (Å²) in [4.78, 5) is 27.8. The monoisotopic (exact) mass is 620 g/mol. The van der Waals surface area contributed by atoms with Gasteiger partial charge in [0.05, 0.1) is 6.10 Å². The Hall–Kier alpha value is -3.72. The average molecular weight is 621 g/mol. The summed E-state index contributed by atoms with van der Waals surface area (Å²) in [5, 5.41) is 10.4. The van der Waals surface area contributed by atoms with Gasteiger partial charge in [0.2, 0.25) is 0 Å². The van der Waals surface area contributed by atoms with Crippen LogP contribution in [0.15, 0.2) is 54.6 Å². The van der Waals surface area contributed by atoms with Crippen molar-refractivity contribution in [2.45, 2.75) is 102 Å². The van der Waals surface area contributed by atoms with Gasteiger partial charge in [-0.05, 0) is 59.8 Å². The second kappa shape index (κ2) is 12.6. The molecule has 4 aliphatic heterocycles. The van der Waals surface area contributed by atoms with Crippen LogP contribution in [0.5, 0.6) is 11.5 Å². The molecule has 45 heavy (non-hydrogen) atoms. The topological polar surface area (TPSA) is 97.8 Å². The molecule has 6 rings (SSSR count). The molecule has 2 saturated heterocycles. The normalized spacial score (nSPS) is 21.4. The molecule has 0 radical (unpaired) electrons. The van der Waals surface area contributed by atoms with Gasteiger partial charge in [-0.15, -0.1) is 0 Å². The van der Waals surface area contributed by atoms with Gasteiger partial charge in [-0.25, -0.2) is 9.59 Å². The number of para-hydroxylation sites is 2. The van der Waals surface area contributed by atoms with Gasteiger partial charge in [0.25, 0.3) is 0 Å². The summed E-state index contributed by atoms with van der Waals surface area (Å²) in [5.41, 5.74) is 0.365. The Balaban J connectivity index is 0.000000178. The molecule has 0 aliphatic carbocycles. The van der Waals surface area contributed by atoms with Crippen LogP contribution in [0.4, 0.5) is 9.59 Å². The third-order valence-corrected chi connectivity index (χ3v) is 8.56. The number of aliphatic hydroxyl groups excluding tert-OH is 1. The Morgan fingerprint density at radius 3 is 1.84 bits per heavy atom. The molecule has 9 heteroatoms. The van der Waals surface area contributed by atoms with E-state index >= 15 is 0 Å². The minimum absolute atomic E-state index is 0.234. The maximum absolute atomic E-state index is 12.2. The molecule has 2 aromatic rings. The Morgan fingerprint density at radius 2 is 1.27 bits per heavy atom. The van der Waals surface area contributed by atoms with E-state index in [1.54, 1.807) is 9.80 Å². The van der Waals surface area contributed by atoms with Crippen LogP contribution in [0.3, 0.4) is 0 Å². The van der Waals surface area contributed by atoms with Crippen molar-refractivity contribution in [1.29, 1.82) is 0 Å². The van der Waals surface area contributed by atoms with Gasteiger partial charge < -0.3 is 33.9 Å². The summed E-state index contributed by atoms with van der Waals surface area (Å²) in [5.74, 6) is 1.69. The number of benzene rings is 2. The molecule has 2 spiro atoms. The summed E-state index contributed by atoms with van der Waals surface area (Å²) < 4.78 is 23.3. The first-order valence-corrected chi connectivity index (χ1v) is 16.0. The first-order chi connectivity index (χ1) is 21.1. The molecule has 0 bridgehead atoms. The lowest BCUT2D eigenvalue weighted by atomic mass is 9.82. The van der Waals surface area contributed by atoms with E-state index in [1.165, 1.54) is 0 Å². The van der Waals surface area contributed by atoms with E-state index in [0.717, 1.165) is 35.5 Å². The Morgan fingerprint density at radius 1 is 0.756 bits per heavy atom. The number of ether oxygens (including phenoxy) is 4.